The maximum atomic E-state index is 13.5. The third-order valence-corrected chi connectivity index (χ3v) is 7.08. The number of carboxylic acid groups (broad SMARTS) is 1. The number of aromatic carboxylic acids is 1. The zero-order valence-corrected chi connectivity index (χ0v) is 17.6. The van der Waals surface area contributed by atoms with Crippen LogP contribution in [0.1, 0.15) is 28.5 Å². The quantitative estimate of drug-likeness (QED) is 0.771. The van der Waals surface area contributed by atoms with Gasteiger partial charge in [0.2, 0.25) is 0 Å². The zero-order valence-electron chi connectivity index (χ0n) is 16.8. The predicted octanol–water partition coefficient (Wildman–Crippen LogP) is 1.98. The number of carbonyl (C=O) groups is 1. The highest BCUT2D eigenvalue weighted by atomic mass is 32.2. The van der Waals surface area contributed by atoms with E-state index in [1.807, 2.05) is 39.1 Å². The Bertz CT molecular complexity index is 978. The lowest BCUT2D eigenvalue weighted by atomic mass is 10.2. The van der Waals surface area contributed by atoms with E-state index in [1.54, 1.807) is 12.1 Å². The molecule has 156 valence electrons. The summed E-state index contributed by atoms with van der Waals surface area (Å²) in [5, 5.41) is 9.05. The Morgan fingerprint density at radius 1 is 1.28 bits per heavy atom. The molecule has 2 heterocycles. The Morgan fingerprint density at radius 3 is 2.62 bits per heavy atom. The summed E-state index contributed by atoms with van der Waals surface area (Å²) in [7, 11) is -1.80. The van der Waals surface area contributed by atoms with Crippen molar-refractivity contribution in [3.05, 3.63) is 59.4 Å². The van der Waals surface area contributed by atoms with Crippen LogP contribution < -0.4 is 4.31 Å². The molecule has 1 saturated heterocycles. The third kappa shape index (κ3) is 4.75. The van der Waals surface area contributed by atoms with Crippen molar-refractivity contribution in [2.24, 2.45) is 0 Å². The summed E-state index contributed by atoms with van der Waals surface area (Å²) in [6.07, 6.45) is 1.25. The summed E-state index contributed by atoms with van der Waals surface area (Å²) in [6.45, 7) is 5.42. The summed E-state index contributed by atoms with van der Waals surface area (Å²) in [6, 6.07) is 10.4. The molecule has 0 radical (unpaired) electrons. The van der Waals surface area contributed by atoms with Crippen LogP contribution in [0.5, 0.6) is 0 Å². The molecule has 9 heteroatoms. The number of benzene rings is 1. The highest BCUT2D eigenvalue weighted by Gasteiger charge is 2.34. The van der Waals surface area contributed by atoms with E-state index in [9.17, 15) is 13.2 Å². The molecular weight excluding hydrogens is 392 g/mol. The standard InChI is InChI=1S/C20H26N4O4S/c1-15-5-4-6-19(11-15)24(14-18-8-7-17(12-21-18)20(25)26)29(27,28)23-10-9-22(3)16(2)13-23/h4-8,11-12,16H,9-10,13-14H2,1-3H3,(H,25,26)/t16-/m1/s1. The maximum Gasteiger partial charge on any atom is 0.337 e. The van der Waals surface area contributed by atoms with Crippen LogP contribution in [0, 0.1) is 6.92 Å². The van der Waals surface area contributed by atoms with Crippen LogP contribution in [-0.4, -0.2) is 66.4 Å². The molecule has 1 atom stereocenters. The highest BCUT2D eigenvalue weighted by Crippen LogP contribution is 2.25. The van der Waals surface area contributed by atoms with Crippen molar-refractivity contribution >= 4 is 21.9 Å². The van der Waals surface area contributed by atoms with Gasteiger partial charge in [-0.3, -0.25) is 9.29 Å². The first kappa shape index (κ1) is 21.2. The first-order chi connectivity index (χ1) is 13.7. The molecule has 1 aliphatic heterocycles. The number of pyridine rings is 1. The first-order valence-corrected chi connectivity index (χ1v) is 10.8. The smallest absolute Gasteiger partial charge is 0.337 e. The van der Waals surface area contributed by atoms with E-state index in [2.05, 4.69) is 9.88 Å². The molecule has 0 bridgehead atoms. The molecule has 8 nitrogen and oxygen atoms in total. The summed E-state index contributed by atoms with van der Waals surface area (Å²) >= 11 is 0. The van der Waals surface area contributed by atoms with Gasteiger partial charge >= 0.3 is 16.2 Å². The minimum atomic E-state index is -3.79. The Labute approximate surface area is 171 Å². The van der Waals surface area contributed by atoms with E-state index in [0.29, 0.717) is 31.0 Å². The Kier molecular flexibility index (Phi) is 6.21. The van der Waals surface area contributed by atoms with Gasteiger partial charge in [-0.15, -0.1) is 0 Å². The topological polar surface area (TPSA) is 94.0 Å². The van der Waals surface area contributed by atoms with Crippen molar-refractivity contribution in [1.29, 1.82) is 0 Å². The minimum absolute atomic E-state index is 0.0202. The lowest BCUT2D eigenvalue weighted by molar-refractivity contribution is 0.0696. The number of hydrogen-bond donors (Lipinski definition) is 1. The molecule has 29 heavy (non-hydrogen) atoms. The number of anilines is 1. The van der Waals surface area contributed by atoms with Crippen molar-refractivity contribution in [2.45, 2.75) is 26.4 Å². The van der Waals surface area contributed by atoms with Crippen molar-refractivity contribution in [3.63, 3.8) is 0 Å². The number of aryl methyl sites for hydroxylation is 1. The van der Waals surface area contributed by atoms with E-state index in [1.165, 1.54) is 20.9 Å². The van der Waals surface area contributed by atoms with Crippen molar-refractivity contribution < 1.29 is 18.3 Å². The molecule has 1 N–H and O–H groups in total. The average Bonchev–Trinajstić information content (AvgIpc) is 2.68. The fourth-order valence-electron chi connectivity index (χ4n) is 3.24. The number of rotatable bonds is 6. The van der Waals surface area contributed by atoms with E-state index in [0.717, 1.165) is 5.56 Å². The van der Waals surface area contributed by atoms with Gasteiger partial charge in [0, 0.05) is 31.9 Å². The normalized spacial score (nSPS) is 18.5. The van der Waals surface area contributed by atoms with Gasteiger partial charge in [-0.25, -0.2) is 4.79 Å². The molecule has 0 aliphatic carbocycles. The summed E-state index contributed by atoms with van der Waals surface area (Å²) < 4.78 is 29.9. The molecule has 0 unspecified atom stereocenters. The fraction of sp³-hybridized carbons (Fsp3) is 0.400. The van der Waals surface area contributed by atoms with Crippen molar-refractivity contribution in [3.8, 4) is 0 Å². The molecule has 1 fully saturated rings. The van der Waals surface area contributed by atoms with Gasteiger partial charge in [0.25, 0.3) is 0 Å². The van der Waals surface area contributed by atoms with Crippen LogP contribution in [0.3, 0.4) is 0 Å². The van der Waals surface area contributed by atoms with Gasteiger partial charge < -0.3 is 10.0 Å². The number of nitrogens with zero attached hydrogens (tertiary/aromatic N) is 4. The number of likely N-dealkylation sites (N-methyl/N-ethyl adjacent to an activating group) is 1. The second kappa shape index (κ2) is 8.48. The Morgan fingerprint density at radius 2 is 2.03 bits per heavy atom. The Hall–Kier alpha value is -2.49. The van der Waals surface area contributed by atoms with Gasteiger partial charge in [0.05, 0.1) is 23.5 Å². The largest absolute Gasteiger partial charge is 0.478 e. The molecule has 1 aliphatic rings. The number of carboxylic acids is 1. The van der Waals surface area contributed by atoms with Crippen LogP contribution in [0.15, 0.2) is 42.6 Å². The van der Waals surface area contributed by atoms with Crippen molar-refractivity contribution in [2.75, 3.05) is 31.0 Å². The van der Waals surface area contributed by atoms with E-state index in [-0.39, 0.29) is 18.2 Å². The van der Waals surface area contributed by atoms with Crippen LogP contribution in [0.2, 0.25) is 0 Å². The molecule has 0 saturated carbocycles. The van der Waals surface area contributed by atoms with Crippen LogP contribution in [0.4, 0.5) is 5.69 Å². The molecule has 3 rings (SSSR count). The molecule has 1 aromatic heterocycles. The SMILES string of the molecule is Cc1cccc(N(Cc2ccc(C(=O)O)cn2)S(=O)(=O)N2CCN(C)[C@H](C)C2)c1. The second-order valence-electron chi connectivity index (χ2n) is 7.38. The van der Waals surface area contributed by atoms with Crippen molar-refractivity contribution in [1.82, 2.24) is 14.2 Å². The number of hydrogen-bond acceptors (Lipinski definition) is 5. The van der Waals surface area contributed by atoms with Crippen LogP contribution in [0.25, 0.3) is 0 Å². The predicted molar refractivity (Wildman–Crippen MR) is 111 cm³/mol. The van der Waals surface area contributed by atoms with Gasteiger partial charge in [-0.05, 0) is 50.7 Å². The van der Waals surface area contributed by atoms with Gasteiger partial charge in [0.1, 0.15) is 0 Å². The lowest BCUT2D eigenvalue weighted by Gasteiger charge is -2.39. The van der Waals surface area contributed by atoms with Gasteiger partial charge in [0.15, 0.2) is 0 Å². The first-order valence-electron chi connectivity index (χ1n) is 9.41. The van der Waals surface area contributed by atoms with E-state index >= 15 is 0 Å². The molecular formula is C20H26N4O4S. The van der Waals surface area contributed by atoms with E-state index in [4.69, 9.17) is 5.11 Å². The maximum absolute atomic E-state index is 13.5. The van der Waals surface area contributed by atoms with Gasteiger partial charge in [-0.1, -0.05) is 12.1 Å². The minimum Gasteiger partial charge on any atom is -0.478 e. The average molecular weight is 419 g/mol. The molecule has 0 spiro atoms. The third-order valence-electron chi connectivity index (χ3n) is 5.19. The van der Waals surface area contributed by atoms with Crippen LogP contribution >= 0.6 is 0 Å². The summed E-state index contributed by atoms with van der Waals surface area (Å²) in [5.74, 6) is -1.07. The van der Waals surface area contributed by atoms with Gasteiger partial charge in [-0.2, -0.15) is 12.7 Å². The number of aromatic nitrogens is 1. The fourth-order valence-corrected chi connectivity index (χ4v) is 4.92. The monoisotopic (exact) mass is 418 g/mol. The molecule has 0 amide bonds. The molecule has 1 aromatic carbocycles. The Balaban J connectivity index is 1.95. The summed E-state index contributed by atoms with van der Waals surface area (Å²) in [5.41, 5.74) is 2.04. The molecule has 2 aromatic rings. The number of piperazine rings is 1. The highest BCUT2D eigenvalue weighted by molar-refractivity contribution is 7.90. The van der Waals surface area contributed by atoms with E-state index < -0.39 is 16.2 Å². The van der Waals surface area contributed by atoms with Crippen LogP contribution in [-0.2, 0) is 16.8 Å². The zero-order chi connectivity index (χ0) is 21.2. The lowest BCUT2D eigenvalue weighted by Crippen LogP contribution is -2.55. The second-order valence-corrected chi connectivity index (χ2v) is 9.24. The summed E-state index contributed by atoms with van der Waals surface area (Å²) in [4.78, 5) is 17.4.